The fourth-order valence-electron chi connectivity index (χ4n) is 1.93. The lowest BCUT2D eigenvalue weighted by Crippen LogP contribution is -2.28. The molecule has 0 spiro atoms. The first kappa shape index (κ1) is 10.4. The summed E-state index contributed by atoms with van der Waals surface area (Å²) in [6.07, 6.45) is 3.32. The molecule has 2 rings (SSSR count). The highest BCUT2D eigenvalue weighted by Crippen LogP contribution is 2.23. The van der Waals surface area contributed by atoms with E-state index in [-0.39, 0.29) is 18.0 Å². The summed E-state index contributed by atoms with van der Waals surface area (Å²) >= 11 is 0. The molecule has 1 aromatic carbocycles. The molecule has 1 saturated carbocycles. The van der Waals surface area contributed by atoms with Gasteiger partial charge < -0.3 is 9.84 Å². The number of hydrogen-bond donors (Lipinski definition) is 1. The molecular formula is C12H15FO2. The average Bonchev–Trinajstić information content (AvgIpc) is 2.22. The van der Waals surface area contributed by atoms with Gasteiger partial charge in [-0.05, 0) is 43.5 Å². The van der Waals surface area contributed by atoms with E-state index in [0.29, 0.717) is 12.2 Å². The fraction of sp³-hybridized carbons (Fsp3) is 0.500. The first-order chi connectivity index (χ1) is 7.24. The van der Waals surface area contributed by atoms with Crippen LogP contribution in [0.5, 0.6) is 5.75 Å². The van der Waals surface area contributed by atoms with Crippen molar-refractivity contribution in [2.75, 3.05) is 0 Å². The molecule has 0 aliphatic heterocycles. The van der Waals surface area contributed by atoms with Crippen LogP contribution in [0.25, 0.3) is 0 Å². The van der Waals surface area contributed by atoms with Crippen molar-refractivity contribution in [2.24, 2.45) is 0 Å². The van der Waals surface area contributed by atoms with Gasteiger partial charge in [0.25, 0.3) is 0 Å². The summed E-state index contributed by atoms with van der Waals surface area (Å²) in [4.78, 5) is 0. The topological polar surface area (TPSA) is 29.5 Å². The van der Waals surface area contributed by atoms with Gasteiger partial charge in [-0.1, -0.05) is 0 Å². The van der Waals surface area contributed by atoms with Crippen molar-refractivity contribution in [2.45, 2.75) is 37.9 Å². The highest BCUT2D eigenvalue weighted by molar-refractivity contribution is 5.22. The molecule has 2 unspecified atom stereocenters. The Balaban J connectivity index is 1.93. The van der Waals surface area contributed by atoms with E-state index in [4.69, 9.17) is 4.74 Å². The number of rotatable bonds is 2. The number of aliphatic hydroxyl groups is 1. The molecule has 0 radical (unpaired) electrons. The lowest BCUT2D eigenvalue weighted by atomic mass is 9.95. The first-order valence-electron chi connectivity index (χ1n) is 5.34. The Morgan fingerprint density at radius 1 is 1.20 bits per heavy atom. The van der Waals surface area contributed by atoms with Crippen molar-refractivity contribution in [1.82, 2.24) is 0 Å². The summed E-state index contributed by atoms with van der Waals surface area (Å²) in [5.41, 5.74) is 0. The predicted molar refractivity (Wildman–Crippen MR) is 55.3 cm³/mol. The van der Waals surface area contributed by atoms with Gasteiger partial charge in [0.1, 0.15) is 17.7 Å². The number of aliphatic hydroxyl groups excluding tert-OH is 1. The van der Waals surface area contributed by atoms with Crippen LogP contribution in [0.3, 0.4) is 0 Å². The number of benzene rings is 1. The Hall–Kier alpha value is -1.09. The van der Waals surface area contributed by atoms with Crippen LogP contribution in [-0.4, -0.2) is 17.3 Å². The van der Waals surface area contributed by atoms with Gasteiger partial charge in [-0.3, -0.25) is 0 Å². The second-order valence-electron chi connectivity index (χ2n) is 4.01. The Morgan fingerprint density at radius 2 is 1.93 bits per heavy atom. The maximum absolute atomic E-state index is 12.6. The SMILES string of the molecule is OC1CCCC(Oc2ccc(F)cc2)C1. The molecule has 0 saturated heterocycles. The summed E-state index contributed by atoms with van der Waals surface area (Å²) in [6, 6.07) is 6.01. The largest absolute Gasteiger partial charge is 0.490 e. The van der Waals surface area contributed by atoms with E-state index in [9.17, 15) is 9.50 Å². The third-order valence-electron chi connectivity index (χ3n) is 2.71. The van der Waals surface area contributed by atoms with Crippen LogP contribution >= 0.6 is 0 Å². The van der Waals surface area contributed by atoms with Crippen molar-refractivity contribution in [3.8, 4) is 5.75 Å². The zero-order valence-electron chi connectivity index (χ0n) is 8.53. The van der Waals surface area contributed by atoms with Gasteiger partial charge in [0, 0.05) is 6.42 Å². The van der Waals surface area contributed by atoms with Gasteiger partial charge >= 0.3 is 0 Å². The van der Waals surface area contributed by atoms with Crippen molar-refractivity contribution in [1.29, 1.82) is 0 Å². The van der Waals surface area contributed by atoms with Crippen molar-refractivity contribution < 1.29 is 14.2 Å². The molecule has 1 fully saturated rings. The standard InChI is InChI=1S/C12H15FO2/c13-9-4-6-11(7-5-9)15-12-3-1-2-10(14)8-12/h4-7,10,12,14H,1-3,8H2. The Labute approximate surface area is 88.7 Å². The number of halogens is 1. The minimum absolute atomic E-state index is 0.0687. The molecule has 3 heteroatoms. The molecular weight excluding hydrogens is 195 g/mol. The summed E-state index contributed by atoms with van der Waals surface area (Å²) in [7, 11) is 0. The second kappa shape index (κ2) is 4.62. The highest BCUT2D eigenvalue weighted by Gasteiger charge is 2.21. The van der Waals surface area contributed by atoms with Crippen molar-refractivity contribution in [3.63, 3.8) is 0 Å². The zero-order chi connectivity index (χ0) is 10.7. The Kier molecular flexibility index (Phi) is 3.21. The maximum atomic E-state index is 12.6. The molecule has 0 amide bonds. The van der Waals surface area contributed by atoms with Crippen molar-refractivity contribution in [3.05, 3.63) is 30.1 Å². The van der Waals surface area contributed by atoms with Crippen LogP contribution in [0.1, 0.15) is 25.7 Å². The van der Waals surface area contributed by atoms with Crippen LogP contribution in [0.2, 0.25) is 0 Å². The first-order valence-corrected chi connectivity index (χ1v) is 5.34. The molecule has 1 aromatic rings. The van der Waals surface area contributed by atoms with Crippen LogP contribution in [0.15, 0.2) is 24.3 Å². The van der Waals surface area contributed by atoms with Gasteiger partial charge in [-0.2, -0.15) is 0 Å². The molecule has 0 aromatic heterocycles. The quantitative estimate of drug-likeness (QED) is 0.812. The third kappa shape index (κ3) is 2.93. The summed E-state index contributed by atoms with van der Waals surface area (Å²) < 4.78 is 18.3. The molecule has 82 valence electrons. The lowest BCUT2D eigenvalue weighted by molar-refractivity contribution is 0.0536. The Bertz CT molecular complexity index is 310. The van der Waals surface area contributed by atoms with Crippen molar-refractivity contribution >= 4 is 0 Å². The lowest BCUT2D eigenvalue weighted by Gasteiger charge is -2.26. The third-order valence-corrected chi connectivity index (χ3v) is 2.71. The summed E-state index contributed by atoms with van der Waals surface area (Å²) in [5.74, 6) is 0.418. The summed E-state index contributed by atoms with van der Waals surface area (Å²) in [5, 5.41) is 9.46. The molecule has 1 aliphatic rings. The van der Waals surface area contributed by atoms with Gasteiger partial charge in [-0.25, -0.2) is 4.39 Å². The second-order valence-corrected chi connectivity index (χ2v) is 4.01. The smallest absolute Gasteiger partial charge is 0.123 e. The van der Waals surface area contributed by atoms with Gasteiger partial charge in [0.05, 0.1) is 6.10 Å². The van der Waals surface area contributed by atoms with Crippen LogP contribution in [0.4, 0.5) is 4.39 Å². The molecule has 2 atom stereocenters. The number of ether oxygens (including phenoxy) is 1. The zero-order valence-corrected chi connectivity index (χ0v) is 8.53. The van der Waals surface area contributed by atoms with E-state index in [1.807, 2.05) is 0 Å². The normalized spacial score (nSPS) is 26.3. The minimum atomic E-state index is -0.258. The molecule has 0 heterocycles. The van der Waals surface area contributed by atoms with Crippen LogP contribution < -0.4 is 4.74 Å². The van der Waals surface area contributed by atoms with E-state index in [0.717, 1.165) is 19.3 Å². The fourth-order valence-corrected chi connectivity index (χ4v) is 1.93. The van der Waals surface area contributed by atoms with Gasteiger partial charge in [-0.15, -0.1) is 0 Å². The van der Waals surface area contributed by atoms with Gasteiger partial charge in [0.2, 0.25) is 0 Å². The predicted octanol–water partition coefficient (Wildman–Crippen LogP) is 2.51. The van der Waals surface area contributed by atoms with E-state index >= 15 is 0 Å². The van der Waals surface area contributed by atoms with Crippen LogP contribution in [0, 0.1) is 5.82 Å². The van der Waals surface area contributed by atoms with Gasteiger partial charge in [0.15, 0.2) is 0 Å². The molecule has 15 heavy (non-hydrogen) atoms. The molecule has 0 bridgehead atoms. The van der Waals surface area contributed by atoms with E-state index in [2.05, 4.69) is 0 Å². The Morgan fingerprint density at radius 3 is 2.60 bits per heavy atom. The maximum Gasteiger partial charge on any atom is 0.123 e. The molecule has 1 aliphatic carbocycles. The van der Waals surface area contributed by atoms with E-state index < -0.39 is 0 Å². The summed E-state index contributed by atoms with van der Waals surface area (Å²) in [6.45, 7) is 0. The highest BCUT2D eigenvalue weighted by atomic mass is 19.1. The van der Waals surface area contributed by atoms with Crippen LogP contribution in [-0.2, 0) is 0 Å². The monoisotopic (exact) mass is 210 g/mol. The van der Waals surface area contributed by atoms with E-state index in [1.54, 1.807) is 12.1 Å². The minimum Gasteiger partial charge on any atom is -0.490 e. The molecule has 2 nitrogen and oxygen atoms in total. The number of hydrogen-bond acceptors (Lipinski definition) is 2. The van der Waals surface area contributed by atoms with E-state index in [1.165, 1.54) is 12.1 Å². The molecule has 1 N–H and O–H groups in total. The average molecular weight is 210 g/mol.